The molecule has 0 aliphatic rings. The van der Waals surface area contributed by atoms with E-state index >= 15 is 0 Å². The Bertz CT molecular complexity index is 782. The van der Waals surface area contributed by atoms with E-state index in [4.69, 9.17) is 0 Å². The first-order valence-electron chi connectivity index (χ1n) is 5.82. The number of ketones is 1. The summed E-state index contributed by atoms with van der Waals surface area (Å²) in [7, 11) is -3.78. The molecule has 0 fully saturated rings. The molecular weight excluding hydrogens is 312 g/mol. The summed E-state index contributed by atoms with van der Waals surface area (Å²) < 4.78 is 27.4. The van der Waals surface area contributed by atoms with Crippen LogP contribution in [-0.2, 0) is 9.84 Å². The molecule has 1 aromatic carbocycles. The van der Waals surface area contributed by atoms with E-state index in [0.717, 1.165) is 17.8 Å². The Morgan fingerprint density at radius 1 is 1.29 bits per heavy atom. The molecule has 0 aliphatic heterocycles. The number of hydrazone groups is 1. The van der Waals surface area contributed by atoms with Crippen LogP contribution in [0.15, 0.2) is 35.4 Å². The van der Waals surface area contributed by atoms with E-state index < -0.39 is 20.7 Å². The van der Waals surface area contributed by atoms with Gasteiger partial charge in [0.05, 0.1) is 0 Å². The van der Waals surface area contributed by atoms with Crippen molar-refractivity contribution in [3.63, 3.8) is 0 Å². The quantitative estimate of drug-likeness (QED) is 0.396. The van der Waals surface area contributed by atoms with Crippen LogP contribution in [0.25, 0.3) is 0 Å². The van der Waals surface area contributed by atoms with Gasteiger partial charge in [-0.25, -0.2) is 18.8 Å². The zero-order valence-corrected chi connectivity index (χ0v) is 12.9. The van der Waals surface area contributed by atoms with Crippen LogP contribution in [0.3, 0.4) is 0 Å². The van der Waals surface area contributed by atoms with Gasteiger partial charge in [-0.3, -0.25) is 4.79 Å². The van der Waals surface area contributed by atoms with Crippen molar-refractivity contribution in [2.75, 3.05) is 11.7 Å². The molecular formula is C12H12N4O3S2. The van der Waals surface area contributed by atoms with Crippen LogP contribution in [0.5, 0.6) is 0 Å². The Kier molecular flexibility index (Phi) is 4.43. The molecule has 2 aromatic rings. The molecule has 7 nitrogen and oxygen atoms in total. The highest BCUT2D eigenvalue weighted by molar-refractivity contribution is 8.07. The first kappa shape index (κ1) is 15.3. The zero-order chi connectivity index (χ0) is 15.5. The summed E-state index contributed by atoms with van der Waals surface area (Å²) in [5, 5.41) is 3.44. The van der Waals surface area contributed by atoms with Crippen molar-refractivity contribution in [3.8, 4) is 0 Å². The van der Waals surface area contributed by atoms with Gasteiger partial charge in [-0.2, -0.15) is 9.47 Å². The van der Waals surface area contributed by atoms with Crippen LogP contribution in [0.4, 0.5) is 5.13 Å². The smallest absolute Gasteiger partial charge is 0.224 e. The Balaban J connectivity index is 2.33. The summed E-state index contributed by atoms with van der Waals surface area (Å²) >= 11 is 1.02. The molecule has 2 rings (SSSR count). The fraction of sp³-hybridized carbons (Fsp3) is 0.167. The SMILES string of the molecule is Cc1nsc(N/N=C(/C(=O)c2ccccc2)S(C)(=O)=O)n1. The van der Waals surface area contributed by atoms with Crippen LogP contribution in [0.1, 0.15) is 16.2 Å². The van der Waals surface area contributed by atoms with E-state index in [1.165, 1.54) is 12.1 Å². The summed E-state index contributed by atoms with van der Waals surface area (Å²) in [5.41, 5.74) is 2.70. The highest BCUT2D eigenvalue weighted by Gasteiger charge is 2.24. The molecule has 0 saturated heterocycles. The Hall–Kier alpha value is -2.13. The summed E-state index contributed by atoms with van der Waals surface area (Å²) in [4.78, 5) is 16.2. The lowest BCUT2D eigenvalue weighted by Crippen LogP contribution is -2.25. The largest absolute Gasteiger partial charge is 0.286 e. The molecule has 0 aliphatic carbocycles. The molecule has 21 heavy (non-hydrogen) atoms. The highest BCUT2D eigenvalue weighted by atomic mass is 32.2. The number of hydrogen-bond donors (Lipinski definition) is 1. The van der Waals surface area contributed by atoms with Gasteiger partial charge >= 0.3 is 0 Å². The second-order valence-electron chi connectivity index (χ2n) is 4.14. The van der Waals surface area contributed by atoms with Crippen LogP contribution in [-0.4, -0.2) is 34.9 Å². The summed E-state index contributed by atoms with van der Waals surface area (Å²) in [6.45, 7) is 1.69. The van der Waals surface area contributed by atoms with Crippen molar-refractivity contribution < 1.29 is 13.2 Å². The first-order valence-corrected chi connectivity index (χ1v) is 8.48. The van der Waals surface area contributed by atoms with E-state index in [1.807, 2.05) is 0 Å². The third-order valence-electron chi connectivity index (χ3n) is 2.36. The molecule has 0 spiro atoms. The van der Waals surface area contributed by atoms with Crippen molar-refractivity contribution in [2.24, 2.45) is 5.10 Å². The number of nitrogens with zero attached hydrogens (tertiary/aromatic N) is 3. The fourth-order valence-electron chi connectivity index (χ4n) is 1.46. The molecule has 110 valence electrons. The van der Waals surface area contributed by atoms with Gasteiger partial charge in [0.25, 0.3) is 0 Å². The predicted molar refractivity (Wildman–Crippen MR) is 81.3 cm³/mol. The number of carbonyl (C=O) groups excluding carboxylic acids is 1. The van der Waals surface area contributed by atoms with Crippen molar-refractivity contribution in [1.82, 2.24) is 9.36 Å². The van der Waals surface area contributed by atoms with E-state index in [-0.39, 0.29) is 5.56 Å². The monoisotopic (exact) mass is 324 g/mol. The van der Waals surface area contributed by atoms with Gasteiger partial charge in [0.15, 0.2) is 9.84 Å². The van der Waals surface area contributed by atoms with Crippen molar-refractivity contribution in [3.05, 3.63) is 41.7 Å². The molecule has 0 unspecified atom stereocenters. The van der Waals surface area contributed by atoms with Gasteiger partial charge in [-0.05, 0) is 6.92 Å². The lowest BCUT2D eigenvalue weighted by Gasteiger charge is -2.03. The number of sulfone groups is 1. The molecule has 0 amide bonds. The Labute approximate surface area is 125 Å². The number of nitrogens with one attached hydrogen (secondary N) is 1. The second kappa shape index (κ2) is 6.10. The molecule has 0 radical (unpaired) electrons. The number of benzene rings is 1. The highest BCUT2D eigenvalue weighted by Crippen LogP contribution is 2.11. The minimum absolute atomic E-state index is 0.247. The van der Waals surface area contributed by atoms with Crippen LogP contribution in [0.2, 0.25) is 0 Å². The normalized spacial score (nSPS) is 12.2. The van der Waals surface area contributed by atoms with Crippen LogP contribution >= 0.6 is 11.5 Å². The van der Waals surface area contributed by atoms with Gasteiger partial charge < -0.3 is 0 Å². The Morgan fingerprint density at radius 3 is 2.48 bits per heavy atom. The van der Waals surface area contributed by atoms with E-state index in [0.29, 0.717) is 11.0 Å². The number of aryl methyl sites for hydroxylation is 1. The molecule has 0 bridgehead atoms. The number of rotatable bonds is 4. The summed E-state index contributed by atoms with van der Waals surface area (Å²) in [6, 6.07) is 8.08. The maximum atomic E-state index is 12.2. The van der Waals surface area contributed by atoms with E-state index in [2.05, 4.69) is 19.9 Å². The van der Waals surface area contributed by atoms with Crippen molar-refractivity contribution >= 4 is 37.3 Å². The van der Waals surface area contributed by atoms with Gasteiger partial charge in [0.2, 0.25) is 16.0 Å². The number of Topliss-reactive ketones (excluding diaryl/α,β-unsaturated/α-hetero) is 1. The topological polar surface area (TPSA) is 101 Å². The van der Waals surface area contributed by atoms with Crippen LogP contribution < -0.4 is 5.43 Å². The maximum Gasteiger partial charge on any atom is 0.224 e. The van der Waals surface area contributed by atoms with E-state index in [9.17, 15) is 13.2 Å². The van der Waals surface area contributed by atoms with Gasteiger partial charge in [0, 0.05) is 23.4 Å². The number of aromatic nitrogens is 2. The maximum absolute atomic E-state index is 12.2. The molecule has 1 N–H and O–H groups in total. The van der Waals surface area contributed by atoms with E-state index in [1.54, 1.807) is 25.1 Å². The average molecular weight is 324 g/mol. The zero-order valence-electron chi connectivity index (χ0n) is 11.3. The molecule has 0 saturated carbocycles. The molecule has 0 atom stereocenters. The number of carbonyl (C=O) groups is 1. The lowest BCUT2D eigenvalue weighted by atomic mass is 10.1. The molecule has 9 heteroatoms. The lowest BCUT2D eigenvalue weighted by molar-refractivity contribution is 0.106. The van der Waals surface area contributed by atoms with Gasteiger partial charge in [-0.15, -0.1) is 0 Å². The minimum atomic E-state index is -3.78. The summed E-state index contributed by atoms with van der Waals surface area (Å²) in [5.74, 6) is -0.139. The Morgan fingerprint density at radius 2 is 1.95 bits per heavy atom. The van der Waals surface area contributed by atoms with Gasteiger partial charge in [0.1, 0.15) is 5.82 Å². The molecule has 1 aromatic heterocycles. The standard InChI is InChI=1S/C12H12N4O3S2/c1-8-13-12(20-16-8)15-14-11(21(2,18)19)10(17)9-6-4-3-5-7-9/h3-7H,1-2H3,(H,13,15,16)/b14-11-. The number of anilines is 1. The third-order valence-corrected chi connectivity index (χ3v) is 4.05. The third kappa shape index (κ3) is 3.92. The van der Waals surface area contributed by atoms with Crippen molar-refractivity contribution in [2.45, 2.75) is 6.92 Å². The second-order valence-corrected chi connectivity index (χ2v) is 6.83. The average Bonchev–Trinajstić information content (AvgIpc) is 2.84. The molecule has 1 heterocycles. The predicted octanol–water partition coefficient (Wildman–Crippen LogP) is 1.50. The fourth-order valence-corrected chi connectivity index (χ4v) is 2.64. The minimum Gasteiger partial charge on any atom is -0.286 e. The van der Waals surface area contributed by atoms with Gasteiger partial charge in [-0.1, -0.05) is 30.3 Å². The van der Waals surface area contributed by atoms with Crippen molar-refractivity contribution in [1.29, 1.82) is 0 Å². The summed E-state index contributed by atoms with van der Waals surface area (Å²) in [6.07, 6.45) is 0.930. The number of hydrogen-bond acceptors (Lipinski definition) is 8. The van der Waals surface area contributed by atoms with Crippen LogP contribution in [0, 0.1) is 6.92 Å². The first-order chi connectivity index (χ1) is 9.88.